The summed E-state index contributed by atoms with van der Waals surface area (Å²) in [6, 6.07) is 12.9. The molecule has 0 unspecified atom stereocenters. The molecule has 1 saturated carbocycles. The summed E-state index contributed by atoms with van der Waals surface area (Å²) < 4.78 is 27.7. The Kier molecular flexibility index (Phi) is 5.29. The summed E-state index contributed by atoms with van der Waals surface area (Å²) in [6.45, 7) is 0.694. The van der Waals surface area contributed by atoms with E-state index in [0.717, 1.165) is 12.1 Å². The summed E-state index contributed by atoms with van der Waals surface area (Å²) in [6.07, 6.45) is 3.38. The molecule has 0 radical (unpaired) electrons. The lowest BCUT2D eigenvalue weighted by atomic mass is 10.1. The van der Waals surface area contributed by atoms with E-state index in [1.165, 1.54) is 12.8 Å². The van der Waals surface area contributed by atoms with Crippen LogP contribution in [0.15, 0.2) is 42.5 Å². The lowest BCUT2D eigenvalue weighted by Gasteiger charge is -2.24. The number of hydrogen-bond donors (Lipinski definition) is 1. The third-order valence-corrected chi connectivity index (χ3v) is 5.42. The molecule has 1 aromatic carbocycles. The van der Waals surface area contributed by atoms with Crippen LogP contribution in [-0.4, -0.2) is 29.9 Å². The number of anilines is 2. The molecule has 148 valence electrons. The van der Waals surface area contributed by atoms with Crippen molar-refractivity contribution in [3.63, 3.8) is 0 Å². The van der Waals surface area contributed by atoms with Crippen LogP contribution in [0.2, 0.25) is 0 Å². The van der Waals surface area contributed by atoms with Crippen LogP contribution in [-0.2, 0) is 6.42 Å². The Morgan fingerprint density at radius 3 is 2.64 bits per heavy atom. The molecule has 1 aliphatic heterocycles. The van der Waals surface area contributed by atoms with Crippen molar-refractivity contribution in [1.82, 2.24) is 4.98 Å². The second kappa shape index (κ2) is 7.86. The van der Waals surface area contributed by atoms with E-state index in [4.69, 9.17) is 4.98 Å². The van der Waals surface area contributed by atoms with Gasteiger partial charge in [0, 0.05) is 37.3 Å². The van der Waals surface area contributed by atoms with Gasteiger partial charge in [-0.3, -0.25) is 4.79 Å². The van der Waals surface area contributed by atoms with E-state index in [2.05, 4.69) is 5.32 Å². The van der Waals surface area contributed by atoms with Gasteiger partial charge >= 0.3 is 0 Å². The Labute approximate surface area is 164 Å². The topological polar surface area (TPSA) is 45.2 Å². The predicted molar refractivity (Wildman–Crippen MR) is 106 cm³/mol. The minimum Gasteiger partial charge on any atom is -0.356 e. The number of para-hydroxylation sites is 1. The lowest BCUT2D eigenvalue weighted by Crippen LogP contribution is -2.29. The van der Waals surface area contributed by atoms with Crippen molar-refractivity contribution >= 4 is 17.4 Å². The minimum atomic E-state index is -2.65. The number of halogens is 2. The number of carbonyl (C=O) groups is 1. The van der Waals surface area contributed by atoms with Gasteiger partial charge in [0.2, 0.25) is 5.92 Å². The van der Waals surface area contributed by atoms with E-state index >= 15 is 0 Å². The van der Waals surface area contributed by atoms with Crippen LogP contribution in [0.5, 0.6) is 0 Å². The minimum absolute atomic E-state index is 0.114. The summed E-state index contributed by atoms with van der Waals surface area (Å²) >= 11 is 0. The van der Waals surface area contributed by atoms with E-state index in [1.807, 2.05) is 41.3 Å². The fraction of sp³-hybridized carbons (Fsp3) is 0.455. The van der Waals surface area contributed by atoms with E-state index in [9.17, 15) is 13.6 Å². The van der Waals surface area contributed by atoms with Gasteiger partial charge in [-0.05, 0) is 55.9 Å². The fourth-order valence-electron chi connectivity index (χ4n) is 3.63. The number of hydrogen-bond acceptors (Lipinski definition) is 3. The van der Waals surface area contributed by atoms with E-state index in [0.29, 0.717) is 36.0 Å². The molecule has 6 heteroatoms. The van der Waals surface area contributed by atoms with Gasteiger partial charge in [0.25, 0.3) is 5.91 Å². The van der Waals surface area contributed by atoms with Crippen molar-refractivity contribution in [2.45, 2.75) is 44.4 Å². The maximum Gasteiger partial charge on any atom is 0.259 e. The molecule has 0 atom stereocenters. The van der Waals surface area contributed by atoms with Gasteiger partial charge in [0.05, 0.1) is 5.56 Å². The number of carbonyl (C=O) groups excluding carboxylic acids is 1. The summed E-state index contributed by atoms with van der Waals surface area (Å²) in [5, 5.41) is 2.89. The van der Waals surface area contributed by atoms with E-state index in [1.54, 1.807) is 6.07 Å². The predicted octanol–water partition coefficient (Wildman–Crippen LogP) is 4.91. The highest BCUT2D eigenvalue weighted by molar-refractivity contribution is 6.07. The zero-order chi connectivity index (χ0) is 19.6. The zero-order valence-corrected chi connectivity index (χ0v) is 15.8. The number of rotatable bonds is 5. The SMILES string of the molecule is O=C(Nc1ccccc1)c1ccc(CC2CC2)nc1N1CCCC(F)(F)CC1. The molecule has 1 amide bonds. The Morgan fingerprint density at radius 1 is 1.11 bits per heavy atom. The Bertz CT molecular complexity index is 837. The monoisotopic (exact) mass is 385 g/mol. The summed E-state index contributed by atoms with van der Waals surface area (Å²) in [5.74, 6) is -1.71. The molecule has 2 fully saturated rings. The summed E-state index contributed by atoms with van der Waals surface area (Å²) in [5.41, 5.74) is 2.07. The molecule has 4 rings (SSSR count). The quantitative estimate of drug-likeness (QED) is 0.795. The zero-order valence-electron chi connectivity index (χ0n) is 15.8. The number of alkyl halides is 2. The van der Waals surface area contributed by atoms with E-state index in [-0.39, 0.29) is 25.3 Å². The first-order chi connectivity index (χ1) is 13.5. The number of pyridine rings is 1. The van der Waals surface area contributed by atoms with Crippen molar-refractivity contribution in [3.8, 4) is 0 Å². The molecule has 28 heavy (non-hydrogen) atoms. The van der Waals surface area contributed by atoms with Crippen molar-refractivity contribution in [2.75, 3.05) is 23.3 Å². The Morgan fingerprint density at radius 2 is 1.89 bits per heavy atom. The highest BCUT2D eigenvalue weighted by Gasteiger charge is 2.33. The molecule has 2 aliphatic rings. The molecular weight excluding hydrogens is 360 g/mol. The molecule has 1 saturated heterocycles. The highest BCUT2D eigenvalue weighted by atomic mass is 19.3. The lowest BCUT2D eigenvalue weighted by molar-refractivity contribution is -0.0102. The van der Waals surface area contributed by atoms with Crippen LogP contribution in [0, 0.1) is 5.92 Å². The molecule has 1 aromatic heterocycles. The van der Waals surface area contributed by atoms with Gasteiger partial charge in [-0.2, -0.15) is 0 Å². The second-order valence-corrected chi connectivity index (χ2v) is 7.84. The average molecular weight is 385 g/mol. The third-order valence-electron chi connectivity index (χ3n) is 5.42. The van der Waals surface area contributed by atoms with Crippen LogP contribution in [0.25, 0.3) is 0 Å². The molecule has 2 aromatic rings. The average Bonchev–Trinajstić information content (AvgIpc) is 3.50. The molecule has 2 heterocycles. The first-order valence-corrected chi connectivity index (χ1v) is 9.99. The molecule has 0 bridgehead atoms. The van der Waals surface area contributed by atoms with Crippen LogP contribution in [0.1, 0.15) is 48.2 Å². The second-order valence-electron chi connectivity index (χ2n) is 7.84. The van der Waals surface area contributed by atoms with Gasteiger partial charge in [-0.15, -0.1) is 0 Å². The van der Waals surface area contributed by atoms with E-state index < -0.39 is 5.92 Å². The molecule has 0 spiro atoms. The first-order valence-electron chi connectivity index (χ1n) is 9.99. The van der Waals surface area contributed by atoms with Gasteiger partial charge in [-0.1, -0.05) is 18.2 Å². The van der Waals surface area contributed by atoms with Crippen molar-refractivity contribution in [1.29, 1.82) is 0 Å². The molecule has 4 nitrogen and oxygen atoms in total. The summed E-state index contributed by atoms with van der Waals surface area (Å²) in [4.78, 5) is 19.5. The van der Waals surface area contributed by atoms with Gasteiger partial charge in [0.15, 0.2) is 0 Å². The first kappa shape index (κ1) is 18.8. The van der Waals surface area contributed by atoms with Gasteiger partial charge in [0.1, 0.15) is 5.82 Å². The normalized spacial score (nSPS) is 19.1. The van der Waals surface area contributed by atoms with Crippen LogP contribution >= 0.6 is 0 Å². The number of benzene rings is 1. The highest BCUT2D eigenvalue weighted by Crippen LogP contribution is 2.34. The summed E-state index contributed by atoms with van der Waals surface area (Å²) in [7, 11) is 0. The van der Waals surface area contributed by atoms with Crippen LogP contribution in [0.3, 0.4) is 0 Å². The smallest absolute Gasteiger partial charge is 0.259 e. The molecule has 1 aliphatic carbocycles. The number of nitrogens with zero attached hydrogens (tertiary/aromatic N) is 2. The molecule has 1 N–H and O–H groups in total. The van der Waals surface area contributed by atoms with Crippen molar-refractivity contribution < 1.29 is 13.6 Å². The number of nitrogens with one attached hydrogen (secondary N) is 1. The van der Waals surface area contributed by atoms with Gasteiger partial charge in [-0.25, -0.2) is 13.8 Å². The van der Waals surface area contributed by atoms with Crippen LogP contribution in [0.4, 0.5) is 20.3 Å². The van der Waals surface area contributed by atoms with Crippen LogP contribution < -0.4 is 10.2 Å². The molecular formula is C22H25F2N3O. The van der Waals surface area contributed by atoms with Crippen molar-refractivity contribution in [2.24, 2.45) is 5.92 Å². The van der Waals surface area contributed by atoms with Gasteiger partial charge < -0.3 is 10.2 Å². The fourth-order valence-corrected chi connectivity index (χ4v) is 3.63. The number of amides is 1. The number of aromatic nitrogens is 1. The Balaban J connectivity index is 1.61. The standard InChI is InChI=1S/C22H25F2N3O/c23-22(24)11-4-13-27(14-12-22)20-19(10-9-18(25-20)15-16-7-8-16)21(28)26-17-5-2-1-3-6-17/h1-3,5-6,9-10,16H,4,7-8,11-15H2,(H,26,28). The largest absolute Gasteiger partial charge is 0.356 e. The maximum absolute atomic E-state index is 13.8. The third kappa shape index (κ3) is 4.66. The Hall–Kier alpha value is -2.50. The van der Waals surface area contributed by atoms with Crippen molar-refractivity contribution in [3.05, 3.63) is 53.7 Å². The maximum atomic E-state index is 13.8.